The number of likely N-dealkylation sites (tertiary alicyclic amines) is 1. The second-order valence-electron chi connectivity index (χ2n) is 7.45. The van der Waals surface area contributed by atoms with Crippen LogP contribution in [0.5, 0.6) is 0 Å². The first-order valence-electron chi connectivity index (χ1n) is 9.38. The molecule has 3 aromatic heterocycles. The molecule has 0 saturated carbocycles. The molecule has 2 saturated heterocycles. The molecule has 3 aromatic rings. The first kappa shape index (κ1) is 16.9. The van der Waals surface area contributed by atoms with Crippen LogP contribution in [-0.4, -0.2) is 57.1 Å². The molecule has 0 bridgehead atoms. The normalized spacial score (nSPS) is 21.2. The maximum Gasteiger partial charge on any atom is 0.276 e. The number of nitrogens with zero attached hydrogens (tertiary/aromatic N) is 6. The van der Waals surface area contributed by atoms with Crippen molar-refractivity contribution in [2.75, 3.05) is 31.1 Å². The van der Waals surface area contributed by atoms with Gasteiger partial charge in [-0.25, -0.2) is 9.97 Å². The molecule has 0 spiro atoms. The summed E-state index contributed by atoms with van der Waals surface area (Å²) in [5, 5.41) is 3.98. The Morgan fingerprint density at radius 3 is 2.68 bits per heavy atom. The van der Waals surface area contributed by atoms with Gasteiger partial charge in [0.25, 0.3) is 5.91 Å². The lowest BCUT2D eigenvalue weighted by atomic mass is 10.0. The largest absolute Gasteiger partial charge is 0.355 e. The second-order valence-corrected chi connectivity index (χ2v) is 7.45. The lowest BCUT2D eigenvalue weighted by molar-refractivity contribution is 0.0772. The highest BCUT2D eigenvalue weighted by atomic mass is 16.5. The third-order valence-corrected chi connectivity index (χ3v) is 5.51. The first-order chi connectivity index (χ1) is 13.7. The zero-order valence-electron chi connectivity index (χ0n) is 15.5. The first-order valence-corrected chi connectivity index (χ1v) is 9.38. The van der Waals surface area contributed by atoms with E-state index in [1.807, 2.05) is 30.0 Å². The molecule has 2 fully saturated rings. The molecule has 5 rings (SSSR count). The number of pyridine rings is 1. The molecular weight excluding hydrogens is 356 g/mol. The van der Waals surface area contributed by atoms with Crippen molar-refractivity contribution in [3.8, 4) is 11.3 Å². The zero-order chi connectivity index (χ0) is 19.1. The summed E-state index contributed by atoms with van der Waals surface area (Å²) >= 11 is 0. The van der Waals surface area contributed by atoms with Crippen LogP contribution in [-0.2, 0) is 0 Å². The SMILES string of the molecule is Cc1ccnc(N2CC3CN(C(=O)c4cc(-c5cccnc5)on4)CC3C2)n1. The highest BCUT2D eigenvalue weighted by Gasteiger charge is 2.43. The Hall–Kier alpha value is -3.29. The van der Waals surface area contributed by atoms with Gasteiger partial charge in [0.15, 0.2) is 11.5 Å². The summed E-state index contributed by atoms with van der Waals surface area (Å²) in [5.74, 6) is 2.12. The smallest absolute Gasteiger partial charge is 0.276 e. The lowest BCUT2D eigenvalue weighted by Gasteiger charge is -2.21. The fraction of sp³-hybridized carbons (Fsp3) is 0.350. The fourth-order valence-corrected chi connectivity index (χ4v) is 4.09. The monoisotopic (exact) mass is 376 g/mol. The van der Waals surface area contributed by atoms with Crippen molar-refractivity contribution in [1.29, 1.82) is 0 Å². The quantitative estimate of drug-likeness (QED) is 0.691. The van der Waals surface area contributed by atoms with E-state index in [-0.39, 0.29) is 5.91 Å². The number of anilines is 1. The van der Waals surface area contributed by atoms with Crippen molar-refractivity contribution < 1.29 is 9.32 Å². The van der Waals surface area contributed by atoms with E-state index in [2.05, 4.69) is 25.0 Å². The summed E-state index contributed by atoms with van der Waals surface area (Å²) in [6.45, 7) is 5.16. The molecule has 2 atom stereocenters. The summed E-state index contributed by atoms with van der Waals surface area (Å²) in [7, 11) is 0. The Kier molecular flexibility index (Phi) is 4.03. The summed E-state index contributed by atoms with van der Waals surface area (Å²) in [6.07, 6.45) is 5.18. The van der Waals surface area contributed by atoms with Crippen LogP contribution < -0.4 is 4.90 Å². The maximum atomic E-state index is 12.9. The predicted molar refractivity (Wildman–Crippen MR) is 102 cm³/mol. The van der Waals surface area contributed by atoms with Crippen LogP contribution in [0.2, 0.25) is 0 Å². The van der Waals surface area contributed by atoms with Crippen LogP contribution in [0, 0.1) is 18.8 Å². The maximum absolute atomic E-state index is 12.9. The van der Waals surface area contributed by atoms with Crippen LogP contribution >= 0.6 is 0 Å². The van der Waals surface area contributed by atoms with E-state index in [4.69, 9.17) is 4.52 Å². The minimum absolute atomic E-state index is 0.0772. The molecule has 142 valence electrons. The Balaban J connectivity index is 1.25. The Labute approximate surface area is 162 Å². The molecular formula is C20H20N6O2. The molecule has 1 amide bonds. The molecule has 28 heavy (non-hydrogen) atoms. The molecule has 2 aliphatic heterocycles. The van der Waals surface area contributed by atoms with E-state index in [0.29, 0.717) is 23.3 Å². The average Bonchev–Trinajstić information content (AvgIpc) is 3.43. The number of aryl methyl sites for hydroxylation is 1. The van der Waals surface area contributed by atoms with E-state index in [1.54, 1.807) is 24.7 Å². The molecule has 0 N–H and O–H groups in total. The summed E-state index contributed by atoms with van der Waals surface area (Å²) in [4.78, 5) is 30.0. The van der Waals surface area contributed by atoms with Crippen molar-refractivity contribution in [2.45, 2.75) is 6.92 Å². The number of carbonyl (C=O) groups is 1. The Morgan fingerprint density at radius 1 is 1.14 bits per heavy atom. The number of hydrogen-bond acceptors (Lipinski definition) is 7. The Morgan fingerprint density at radius 2 is 1.96 bits per heavy atom. The van der Waals surface area contributed by atoms with Gasteiger partial charge in [0, 0.05) is 73.9 Å². The molecule has 2 aliphatic rings. The van der Waals surface area contributed by atoms with Gasteiger partial charge in [0.2, 0.25) is 5.95 Å². The molecule has 2 unspecified atom stereocenters. The fourth-order valence-electron chi connectivity index (χ4n) is 4.09. The summed E-state index contributed by atoms with van der Waals surface area (Å²) < 4.78 is 5.35. The minimum atomic E-state index is -0.0772. The van der Waals surface area contributed by atoms with Crippen LogP contribution in [0.4, 0.5) is 5.95 Å². The number of hydrogen-bond donors (Lipinski definition) is 0. The summed E-state index contributed by atoms with van der Waals surface area (Å²) in [5.41, 5.74) is 2.12. The van der Waals surface area contributed by atoms with Gasteiger partial charge < -0.3 is 14.3 Å². The number of amides is 1. The standard InChI is InChI=1S/C20H20N6O2/c1-13-4-6-22-20(23-13)26-11-15-9-25(10-16(15)12-26)19(27)17-7-18(28-24-17)14-3-2-5-21-8-14/h2-8,15-16H,9-12H2,1H3. The highest BCUT2D eigenvalue weighted by molar-refractivity contribution is 5.93. The van der Waals surface area contributed by atoms with Crippen LogP contribution in [0.15, 0.2) is 47.4 Å². The van der Waals surface area contributed by atoms with Crippen LogP contribution in [0.3, 0.4) is 0 Å². The minimum Gasteiger partial charge on any atom is -0.355 e. The number of rotatable bonds is 3. The number of carbonyl (C=O) groups excluding carboxylic acids is 1. The van der Waals surface area contributed by atoms with Crippen molar-refractivity contribution in [1.82, 2.24) is 25.0 Å². The van der Waals surface area contributed by atoms with Gasteiger partial charge in [-0.15, -0.1) is 0 Å². The Bertz CT molecular complexity index is 991. The molecule has 0 aliphatic carbocycles. The van der Waals surface area contributed by atoms with E-state index >= 15 is 0 Å². The van der Waals surface area contributed by atoms with E-state index in [1.165, 1.54) is 0 Å². The molecule has 8 nitrogen and oxygen atoms in total. The second kappa shape index (κ2) is 6.70. The molecule has 0 radical (unpaired) electrons. The van der Waals surface area contributed by atoms with Crippen LogP contribution in [0.1, 0.15) is 16.2 Å². The third kappa shape index (κ3) is 3.00. The lowest BCUT2D eigenvalue weighted by Crippen LogP contribution is -2.33. The van der Waals surface area contributed by atoms with E-state index in [0.717, 1.165) is 43.4 Å². The van der Waals surface area contributed by atoms with Gasteiger partial charge >= 0.3 is 0 Å². The van der Waals surface area contributed by atoms with E-state index < -0.39 is 0 Å². The zero-order valence-corrected chi connectivity index (χ0v) is 15.5. The molecule has 8 heteroatoms. The number of aromatic nitrogens is 4. The van der Waals surface area contributed by atoms with Gasteiger partial charge in [-0.1, -0.05) is 5.16 Å². The predicted octanol–water partition coefficient (Wildman–Crippen LogP) is 2.04. The van der Waals surface area contributed by atoms with Crippen LogP contribution in [0.25, 0.3) is 11.3 Å². The third-order valence-electron chi connectivity index (χ3n) is 5.51. The van der Waals surface area contributed by atoms with Gasteiger partial charge in [-0.2, -0.15) is 0 Å². The van der Waals surface area contributed by atoms with Gasteiger partial charge in [-0.05, 0) is 25.1 Å². The van der Waals surface area contributed by atoms with Gasteiger partial charge in [-0.3, -0.25) is 9.78 Å². The molecule has 0 aromatic carbocycles. The van der Waals surface area contributed by atoms with Gasteiger partial charge in [0.05, 0.1) is 0 Å². The topological polar surface area (TPSA) is 88.3 Å². The highest BCUT2D eigenvalue weighted by Crippen LogP contribution is 2.33. The average molecular weight is 376 g/mol. The van der Waals surface area contributed by atoms with Crippen molar-refractivity contribution in [3.63, 3.8) is 0 Å². The van der Waals surface area contributed by atoms with E-state index in [9.17, 15) is 4.79 Å². The molecule has 5 heterocycles. The summed E-state index contributed by atoms with van der Waals surface area (Å²) in [6, 6.07) is 7.30. The van der Waals surface area contributed by atoms with Crippen molar-refractivity contribution in [2.24, 2.45) is 11.8 Å². The van der Waals surface area contributed by atoms with Crippen molar-refractivity contribution >= 4 is 11.9 Å². The number of fused-ring (bicyclic) bond motifs is 1. The van der Waals surface area contributed by atoms with Crippen molar-refractivity contribution in [3.05, 3.63) is 54.2 Å². The van der Waals surface area contributed by atoms with Gasteiger partial charge in [0.1, 0.15) is 0 Å².